The molecular formula is C20H28N4O3S. The average molecular weight is 405 g/mol. The van der Waals surface area contributed by atoms with Crippen LogP contribution in [0.5, 0.6) is 0 Å². The van der Waals surface area contributed by atoms with Crippen LogP contribution < -0.4 is 10.1 Å². The number of aryl methyl sites for hydroxylation is 1. The van der Waals surface area contributed by atoms with Crippen LogP contribution in [-0.2, 0) is 7.05 Å². The van der Waals surface area contributed by atoms with Crippen molar-refractivity contribution >= 4 is 17.2 Å². The fourth-order valence-corrected chi connectivity index (χ4v) is 4.14. The first-order valence-corrected chi connectivity index (χ1v) is 10.4. The number of carbonyl (C=O) groups excluding carboxylic acids is 1. The zero-order valence-corrected chi connectivity index (χ0v) is 17.4. The van der Waals surface area contributed by atoms with Gasteiger partial charge in [0.1, 0.15) is 5.01 Å². The minimum atomic E-state index is -0.665. The Labute approximate surface area is 168 Å². The van der Waals surface area contributed by atoms with Gasteiger partial charge in [-0.05, 0) is 51.7 Å². The molecule has 0 saturated heterocycles. The predicted octanol–water partition coefficient (Wildman–Crippen LogP) is 1.85. The van der Waals surface area contributed by atoms with E-state index in [9.17, 15) is 15.0 Å². The first kappa shape index (κ1) is 20.7. The van der Waals surface area contributed by atoms with Crippen molar-refractivity contribution in [2.45, 2.75) is 57.2 Å². The van der Waals surface area contributed by atoms with E-state index in [1.54, 1.807) is 30.7 Å². The van der Waals surface area contributed by atoms with Crippen molar-refractivity contribution in [2.75, 3.05) is 6.61 Å². The zero-order chi connectivity index (χ0) is 20.3. The fraction of sp³-hybridized carbons (Fsp3) is 0.550. The Morgan fingerprint density at radius 1 is 1.36 bits per heavy atom. The van der Waals surface area contributed by atoms with Crippen LogP contribution in [0.3, 0.4) is 0 Å². The monoisotopic (exact) mass is 404 g/mol. The van der Waals surface area contributed by atoms with Crippen LogP contribution in [0.4, 0.5) is 0 Å². The van der Waals surface area contributed by atoms with Gasteiger partial charge in [-0.3, -0.25) is 9.79 Å². The second kappa shape index (κ2) is 8.55. The van der Waals surface area contributed by atoms with Crippen molar-refractivity contribution in [1.82, 2.24) is 15.1 Å². The van der Waals surface area contributed by atoms with Crippen LogP contribution in [0.1, 0.15) is 49.9 Å². The lowest BCUT2D eigenvalue weighted by atomic mass is 9.94. The molecule has 1 aromatic carbocycles. The Hall–Kier alpha value is -2.03. The molecule has 1 fully saturated rings. The first-order valence-electron chi connectivity index (χ1n) is 9.57. The second-order valence-electron chi connectivity index (χ2n) is 7.99. The maximum atomic E-state index is 12.3. The van der Waals surface area contributed by atoms with Crippen molar-refractivity contribution in [1.29, 1.82) is 0 Å². The normalized spacial score (nSPS) is 21.0. The average Bonchev–Trinajstić information content (AvgIpc) is 3.02. The van der Waals surface area contributed by atoms with Crippen LogP contribution in [-0.4, -0.2) is 50.2 Å². The quantitative estimate of drug-likeness (QED) is 0.708. The summed E-state index contributed by atoms with van der Waals surface area (Å²) in [5, 5.41) is 27.3. The number of aromatic nitrogens is 2. The number of rotatable bonds is 5. The van der Waals surface area contributed by atoms with Gasteiger partial charge in [0, 0.05) is 18.2 Å². The molecule has 1 saturated carbocycles. The third kappa shape index (κ3) is 5.06. The van der Waals surface area contributed by atoms with E-state index in [1.165, 1.54) is 11.3 Å². The summed E-state index contributed by atoms with van der Waals surface area (Å²) in [4.78, 5) is 17.9. The molecule has 1 aliphatic carbocycles. The van der Waals surface area contributed by atoms with Crippen molar-refractivity contribution in [2.24, 2.45) is 12.0 Å². The summed E-state index contributed by atoms with van der Waals surface area (Å²) in [6, 6.07) is 7.40. The lowest BCUT2D eigenvalue weighted by molar-refractivity contribution is 0.0869. The highest BCUT2D eigenvalue weighted by atomic mass is 32.1. The van der Waals surface area contributed by atoms with Crippen molar-refractivity contribution in [3.63, 3.8) is 0 Å². The second-order valence-corrected chi connectivity index (χ2v) is 8.95. The molecule has 0 aliphatic heterocycles. The van der Waals surface area contributed by atoms with E-state index in [4.69, 9.17) is 4.99 Å². The van der Waals surface area contributed by atoms with Gasteiger partial charge < -0.3 is 15.5 Å². The number of aliphatic hydroxyl groups is 2. The molecule has 0 spiro atoms. The van der Waals surface area contributed by atoms with Crippen LogP contribution in [0.2, 0.25) is 0 Å². The van der Waals surface area contributed by atoms with Gasteiger partial charge in [-0.25, -0.2) is 4.68 Å². The van der Waals surface area contributed by atoms with Crippen LogP contribution in [0.25, 0.3) is 10.6 Å². The zero-order valence-electron chi connectivity index (χ0n) is 16.6. The third-order valence-electron chi connectivity index (χ3n) is 4.86. The number of nitrogens with zero attached hydrogens (tertiary/aromatic N) is 3. The highest BCUT2D eigenvalue weighted by molar-refractivity contribution is 7.12. The summed E-state index contributed by atoms with van der Waals surface area (Å²) in [5.74, 6) is -0.221. The smallest absolute Gasteiger partial charge is 0.251 e. The summed E-state index contributed by atoms with van der Waals surface area (Å²) in [5.41, 5.74) is 0.790. The molecule has 3 rings (SSSR count). The highest BCUT2D eigenvalue weighted by Gasteiger charge is 2.21. The molecule has 1 heterocycles. The lowest BCUT2D eigenvalue weighted by Crippen LogP contribution is -2.46. The molecule has 3 N–H and O–H groups in total. The van der Waals surface area contributed by atoms with Crippen LogP contribution in [0.15, 0.2) is 29.3 Å². The first-order chi connectivity index (χ1) is 13.3. The molecule has 0 unspecified atom stereocenters. The summed E-state index contributed by atoms with van der Waals surface area (Å²) in [7, 11) is 1.87. The lowest BCUT2D eigenvalue weighted by Gasteiger charge is -2.23. The molecule has 0 radical (unpaired) electrons. The molecule has 1 aliphatic rings. The van der Waals surface area contributed by atoms with Crippen molar-refractivity contribution in [3.05, 3.63) is 34.6 Å². The fourth-order valence-electron chi connectivity index (χ4n) is 3.17. The van der Waals surface area contributed by atoms with E-state index < -0.39 is 5.54 Å². The number of hydrogen-bond acceptors (Lipinski definition) is 6. The highest BCUT2D eigenvalue weighted by Crippen LogP contribution is 2.22. The summed E-state index contributed by atoms with van der Waals surface area (Å²) in [6.45, 7) is 3.41. The summed E-state index contributed by atoms with van der Waals surface area (Å²) in [6.07, 6.45) is 3.32. The van der Waals surface area contributed by atoms with Crippen molar-refractivity contribution < 1.29 is 15.0 Å². The maximum Gasteiger partial charge on any atom is 0.251 e. The van der Waals surface area contributed by atoms with Gasteiger partial charge in [-0.1, -0.05) is 23.5 Å². The van der Waals surface area contributed by atoms with Gasteiger partial charge in [-0.2, -0.15) is 5.10 Å². The van der Waals surface area contributed by atoms with Crippen LogP contribution in [0, 0.1) is 0 Å². The van der Waals surface area contributed by atoms with Crippen LogP contribution >= 0.6 is 11.3 Å². The molecule has 28 heavy (non-hydrogen) atoms. The van der Waals surface area contributed by atoms with E-state index >= 15 is 0 Å². The molecular weight excluding hydrogens is 376 g/mol. The number of amides is 1. The van der Waals surface area contributed by atoms with Gasteiger partial charge in [0.25, 0.3) is 5.91 Å². The van der Waals surface area contributed by atoms with Gasteiger partial charge in [0.15, 0.2) is 0 Å². The van der Waals surface area contributed by atoms with E-state index in [0.29, 0.717) is 12.0 Å². The van der Waals surface area contributed by atoms with Gasteiger partial charge in [0.2, 0.25) is 4.80 Å². The number of nitrogens with one attached hydrogen (secondary N) is 1. The Bertz CT molecular complexity index is 886. The molecule has 2 aromatic rings. The Morgan fingerprint density at radius 3 is 2.71 bits per heavy atom. The SMILES string of the molecule is Cn1nc(-c2ccc(C(=O)NC(C)(C)CO)cc2)sc1=N[C@@H]1CCC[C@@H](O)C1. The summed E-state index contributed by atoms with van der Waals surface area (Å²) < 4.78 is 1.77. The molecule has 1 amide bonds. The predicted molar refractivity (Wildman–Crippen MR) is 109 cm³/mol. The van der Waals surface area contributed by atoms with Gasteiger partial charge >= 0.3 is 0 Å². The minimum absolute atomic E-state index is 0.128. The van der Waals surface area contributed by atoms with E-state index in [1.807, 2.05) is 19.2 Å². The number of carbonyl (C=O) groups is 1. The standard InChI is InChI=1S/C20H28N4O3S/c1-20(2,12-25)22-17(27)13-7-9-14(10-8-13)18-23-24(3)19(28-18)21-15-5-4-6-16(26)11-15/h7-10,15-16,25-26H,4-6,11-12H2,1-3H3,(H,22,27)/t15-,16-/m1/s1. The molecule has 2 atom stereocenters. The largest absolute Gasteiger partial charge is 0.394 e. The number of aliphatic hydroxyl groups excluding tert-OH is 2. The maximum absolute atomic E-state index is 12.3. The molecule has 1 aromatic heterocycles. The molecule has 152 valence electrons. The number of hydrogen-bond donors (Lipinski definition) is 3. The molecule has 8 heteroatoms. The molecule has 0 bridgehead atoms. The van der Waals surface area contributed by atoms with Gasteiger partial charge in [0.05, 0.1) is 24.3 Å². The third-order valence-corrected chi connectivity index (χ3v) is 5.92. The Balaban J connectivity index is 1.77. The minimum Gasteiger partial charge on any atom is -0.394 e. The Morgan fingerprint density at radius 2 is 2.07 bits per heavy atom. The molecule has 7 nitrogen and oxygen atoms in total. The van der Waals surface area contributed by atoms with E-state index in [0.717, 1.165) is 34.6 Å². The topological polar surface area (TPSA) is 99.7 Å². The summed E-state index contributed by atoms with van der Waals surface area (Å²) >= 11 is 1.51. The van der Waals surface area contributed by atoms with Gasteiger partial charge in [-0.15, -0.1) is 0 Å². The number of benzene rings is 1. The van der Waals surface area contributed by atoms with Crippen molar-refractivity contribution in [3.8, 4) is 10.6 Å². The van der Waals surface area contributed by atoms with E-state index in [-0.39, 0.29) is 24.7 Å². The van der Waals surface area contributed by atoms with E-state index in [2.05, 4.69) is 10.4 Å². The Kier molecular flexibility index (Phi) is 6.32.